The van der Waals surface area contributed by atoms with E-state index in [0.29, 0.717) is 25.9 Å². The van der Waals surface area contributed by atoms with E-state index in [1.807, 2.05) is 36.6 Å². The number of hydrogen-bond donors (Lipinski definition) is 3. The third-order valence-electron chi connectivity index (χ3n) is 4.72. The summed E-state index contributed by atoms with van der Waals surface area (Å²) in [5.74, 6) is 0.464. The van der Waals surface area contributed by atoms with Crippen molar-refractivity contribution in [2.45, 2.75) is 23.5 Å². The molecule has 0 aliphatic carbocycles. The fraction of sp³-hybridized carbons (Fsp3) is 0.208. The zero-order valence-electron chi connectivity index (χ0n) is 17.7. The molecule has 0 radical (unpaired) electrons. The van der Waals surface area contributed by atoms with Crippen LogP contribution in [0.1, 0.15) is 18.1 Å². The number of anilines is 1. The maximum atomic E-state index is 12.8. The molecule has 3 aromatic rings. The van der Waals surface area contributed by atoms with Crippen LogP contribution in [-0.2, 0) is 4.74 Å². The summed E-state index contributed by atoms with van der Waals surface area (Å²) in [6, 6.07) is 19.7. The highest BCUT2D eigenvalue weighted by atomic mass is 79.9. The lowest BCUT2D eigenvalue weighted by Crippen LogP contribution is -2.32. The molecular formula is C24H23Br2NO5S. The van der Waals surface area contributed by atoms with Gasteiger partial charge in [-0.2, -0.15) is 0 Å². The Bertz CT molecular complexity index is 1070. The number of aliphatic hydroxyl groups excluding tert-OH is 1. The second-order valence-corrected chi connectivity index (χ2v) is 9.64. The van der Waals surface area contributed by atoms with Crippen LogP contribution in [0.2, 0.25) is 0 Å². The van der Waals surface area contributed by atoms with Gasteiger partial charge in [-0.05, 0) is 70.7 Å². The Labute approximate surface area is 213 Å². The lowest BCUT2D eigenvalue weighted by molar-refractivity contribution is 0.00792. The van der Waals surface area contributed by atoms with Gasteiger partial charge in [-0.15, -0.1) is 11.8 Å². The zero-order chi connectivity index (χ0) is 23.8. The van der Waals surface area contributed by atoms with Crippen LogP contribution in [0.3, 0.4) is 0 Å². The molecule has 1 amide bonds. The van der Waals surface area contributed by atoms with Crippen LogP contribution in [0, 0.1) is 0 Å². The van der Waals surface area contributed by atoms with Crippen molar-refractivity contribution in [2.24, 2.45) is 0 Å². The Hall–Kier alpha value is -2.20. The topological polar surface area (TPSA) is 88.0 Å². The van der Waals surface area contributed by atoms with Crippen LogP contribution >= 0.6 is 43.6 Å². The van der Waals surface area contributed by atoms with E-state index in [4.69, 9.17) is 9.47 Å². The SMILES string of the molecule is CSc1ccc(NC(=O)O[C@H](c2cc(Br)cc(Br)c2O)[C@@H](CCO)Oc2ccccc2)cc1. The molecule has 6 nitrogen and oxygen atoms in total. The zero-order valence-corrected chi connectivity index (χ0v) is 21.7. The highest BCUT2D eigenvalue weighted by Crippen LogP contribution is 2.39. The molecule has 0 unspecified atom stereocenters. The van der Waals surface area contributed by atoms with E-state index in [9.17, 15) is 15.0 Å². The molecule has 0 fully saturated rings. The van der Waals surface area contributed by atoms with E-state index in [1.165, 1.54) is 0 Å². The number of aromatic hydroxyl groups is 1. The lowest BCUT2D eigenvalue weighted by Gasteiger charge is -2.28. The molecule has 0 saturated heterocycles. The molecule has 0 saturated carbocycles. The van der Waals surface area contributed by atoms with Gasteiger partial charge in [0.2, 0.25) is 0 Å². The van der Waals surface area contributed by atoms with Crippen molar-refractivity contribution in [1.29, 1.82) is 0 Å². The predicted molar refractivity (Wildman–Crippen MR) is 137 cm³/mol. The molecule has 0 bridgehead atoms. The largest absolute Gasteiger partial charge is 0.506 e. The van der Waals surface area contributed by atoms with Crippen molar-refractivity contribution in [1.82, 2.24) is 0 Å². The first-order valence-corrected chi connectivity index (χ1v) is 12.8. The molecule has 3 aromatic carbocycles. The van der Waals surface area contributed by atoms with Gasteiger partial charge in [-0.3, -0.25) is 5.32 Å². The minimum Gasteiger partial charge on any atom is -0.506 e. The quantitative estimate of drug-likeness (QED) is 0.237. The number of rotatable bonds is 9. The fourth-order valence-electron chi connectivity index (χ4n) is 3.15. The average molecular weight is 597 g/mol. The van der Waals surface area contributed by atoms with Crippen molar-refractivity contribution < 1.29 is 24.5 Å². The Morgan fingerprint density at radius 3 is 2.42 bits per heavy atom. The number of aliphatic hydroxyl groups is 1. The van der Waals surface area contributed by atoms with Gasteiger partial charge in [0.25, 0.3) is 0 Å². The van der Waals surface area contributed by atoms with Crippen molar-refractivity contribution in [3.05, 3.63) is 81.2 Å². The Morgan fingerprint density at radius 1 is 1.09 bits per heavy atom. The summed E-state index contributed by atoms with van der Waals surface area (Å²) in [5, 5.41) is 23.1. The summed E-state index contributed by atoms with van der Waals surface area (Å²) in [5.41, 5.74) is 0.900. The number of para-hydroxylation sites is 1. The second-order valence-electron chi connectivity index (χ2n) is 6.99. The van der Waals surface area contributed by atoms with Crippen LogP contribution in [0.4, 0.5) is 10.5 Å². The molecule has 3 N–H and O–H groups in total. The lowest BCUT2D eigenvalue weighted by atomic mass is 10.0. The van der Waals surface area contributed by atoms with Crippen LogP contribution < -0.4 is 10.1 Å². The van der Waals surface area contributed by atoms with E-state index in [1.54, 1.807) is 48.2 Å². The summed E-state index contributed by atoms with van der Waals surface area (Å²) in [4.78, 5) is 13.9. The van der Waals surface area contributed by atoms with Gasteiger partial charge in [0.1, 0.15) is 17.6 Å². The Morgan fingerprint density at radius 2 is 1.79 bits per heavy atom. The molecule has 2 atom stereocenters. The third kappa shape index (κ3) is 7.14. The Balaban J connectivity index is 1.92. The molecule has 9 heteroatoms. The number of thioether (sulfide) groups is 1. The maximum absolute atomic E-state index is 12.8. The van der Waals surface area contributed by atoms with Crippen molar-refractivity contribution >= 4 is 55.4 Å². The first-order valence-electron chi connectivity index (χ1n) is 10.0. The van der Waals surface area contributed by atoms with Crippen LogP contribution in [0.15, 0.2) is 80.6 Å². The van der Waals surface area contributed by atoms with E-state index >= 15 is 0 Å². The van der Waals surface area contributed by atoms with Gasteiger partial charge in [0.15, 0.2) is 6.10 Å². The molecule has 33 heavy (non-hydrogen) atoms. The Kier molecular flexibility index (Phi) is 9.49. The summed E-state index contributed by atoms with van der Waals surface area (Å²) >= 11 is 8.34. The molecule has 3 rings (SSSR count). The van der Waals surface area contributed by atoms with Gasteiger partial charge < -0.3 is 19.7 Å². The molecule has 174 valence electrons. The van der Waals surface area contributed by atoms with Crippen LogP contribution in [0.25, 0.3) is 0 Å². The first-order chi connectivity index (χ1) is 15.9. The number of carbonyl (C=O) groups is 1. The fourth-order valence-corrected chi connectivity index (χ4v) is 4.82. The molecule has 0 aliphatic rings. The molecular weight excluding hydrogens is 574 g/mol. The minimum atomic E-state index is -1.02. The normalized spacial score (nSPS) is 12.6. The second kappa shape index (κ2) is 12.3. The first kappa shape index (κ1) is 25.4. The number of benzene rings is 3. The summed E-state index contributed by atoms with van der Waals surface area (Å²) in [6.45, 7) is -0.203. The summed E-state index contributed by atoms with van der Waals surface area (Å²) < 4.78 is 13.0. The summed E-state index contributed by atoms with van der Waals surface area (Å²) in [6.07, 6.45) is -0.366. The standard InChI is InChI=1S/C24H23Br2NO5S/c1-33-18-9-7-16(8-10-18)27-24(30)32-23(19-13-15(25)14-20(26)22(19)29)21(11-12-28)31-17-5-3-2-4-6-17/h2-10,13-14,21,23,28-29H,11-12H2,1H3,(H,27,30)/t21-,23-/m1/s1. The number of halogens is 2. The van der Waals surface area contributed by atoms with Gasteiger partial charge in [-0.25, -0.2) is 4.79 Å². The van der Waals surface area contributed by atoms with Gasteiger partial charge in [-0.1, -0.05) is 34.1 Å². The summed E-state index contributed by atoms with van der Waals surface area (Å²) in [7, 11) is 0. The number of hydrogen-bond acceptors (Lipinski definition) is 6. The average Bonchev–Trinajstić information content (AvgIpc) is 2.81. The van der Waals surface area contributed by atoms with E-state index in [2.05, 4.69) is 37.2 Å². The number of nitrogens with one attached hydrogen (secondary N) is 1. The highest BCUT2D eigenvalue weighted by Gasteiger charge is 2.32. The number of phenols is 1. The molecule has 0 heterocycles. The minimum absolute atomic E-state index is 0.0834. The van der Waals surface area contributed by atoms with Gasteiger partial charge >= 0.3 is 6.09 Å². The number of phenolic OH excluding ortho intramolecular Hbond substituents is 1. The molecule has 0 aromatic heterocycles. The van der Waals surface area contributed by atoms with Crippen LogP contribution in [-0.4, -0.2) is 35.3 Å². The van der Waals surface area contributed by atoms with Crippen molar-refractivity contribution in [3.8, 4) is 11.5 Å². The monoisotopic (exact) mass is 595 g/mol. The van der Waals surface area contributed by atoms with E-state index in [0.717, 1.165) is 4.90 Å². The van der Waals surface area contributed by atoms with Gasteiger partial charge in [0, 0.05) is 33.6 Å². The maximum Gasteiger partial charge on any atom is 0.412 e. The van der Waals surface area contributed by atoms with E-state index in [-0.39, 0.29) is 18.8 Å². The van der Waals surface area contributed by atoms with Gasteiger partial charge in [0.05, 0.1) is 4.47 Å². The van der Waals surface area contributed by atoms with Crippen molar-refractivity contribution in [3.63, 3.8) is 0 Å². The smallest absolute Gasteiger partial charge is 0.412 e. The van der Waals surface area contributed by atoms with Crippen LogP contribution in [0.5, 0.6) is 11.5 Å². The predicted octanol–water partition coefficient (Wildman–Crippen LogP) is 6.76. The highest BCUT2D eigenvalue weighted by molar-refractivity contribution is 9.11. The third-order valence-corrected chi connectivity index (χ3v) is 6.52. The number of ether oxygens (including phenoxy) is 2. The number of carbonyl (C=O) groups excluding carboxylic acids is 1. The molecule has 0 spiro atoms. The number of amides is 1. The van der Waals surface area contributed by atoms with Crippen molar-refractivity contribution in [2.75, 3.05) is 18.2 Å². The molecule has 0 aliphatic heterocycles. The van der Waals surface area contributed by atoms with E-state index < -0.39 is 18.3 Å².